The van der Waals surface area contributed by atoms with Crippen molar-refractivity contribution in [2.75, 3.05) is 5.73 Å². The van der Waals surface area contributed by atoms with Crippen LogP contribution in [-0.2, 0) is 6.54 Å². The summed E-state index contributed by atoms with van der Waals surface area (Å²) in [5.41, 5.74) is 8.76. The molecule has 4 nitrogen and oxygen atoms in total. The van der Waals surface area contributed by atoms with Crippen molar-refractivity contribution in [1.82, 2.24) is 4.90 Å². The number of benzene rings is 3. The minimum atomic E-state index is -0.339. The average Bonchev–Trinajstić information content (AvgIpc) is 3.21. The van der Waals surface area contributed by atoms with Gasteiger partial charge in [0.15, 0.2) is 0 Å². The molecule has 1 fully saturated rings. The predicted octanol–water partition coefficient (Wildman–Crippen LogP) is 6.97. The molecular weight excluding hydrogens is 447 g/mol. The highest BCUT2D eigenvalue weighted by molar-refractivity contribution is 7.21. The van der Waals surface area contributed by atoms with E-state index < -0.39 is 0 Å². The van der Waals surface area contributed by atoms with Gasteiger partial charge in [-0.2, -0.15) is 0 Å². The Kier molecular flexibility index (Phi) is 6.24. The smallest absolute Gasteiger partial charge is 0.268 e. The molecule has 0 spiro atoms. The van der Waals surface area contributed by atoms with Gasteiger partial charge in [-0.1, -0.05) is 49.6 Å². The zero-order valence-electron chi connectivity index (χ0n) is 18.8. The monoisotopic (exact) mass is 474 g/mol. The van der Waals surface area contributed by atoms with Gasteiger partial charge in [-0.15, -0.1) is 11.3 Å². The molecule has 174 valence electrons. The van der Waals surface area contributed by atoms with Crippen molar-refractivity contribution in [3.05, 3.63) is 83.0 Å². The first-order valence-electron chi connectivity index (χ1n) is 11.7. The fraction of sp³-hybridized carbons (Fsp3) is 0.250. The lowest BCUT2D eigenvalue weighted by Crippen LogP contribution is -2.40. The maximum absolute atomic E-state index is 15.0. The molecule has 6 heteroatoms. The SMILES string of the molecule is Nc1ccc(-c2ccc(F)c(CN(C(=O)c3sc4ccccc4c3O)C3CCCCC3)c2)cc1. The van der Waals surface area contributed by atoms with E-state index in [0.29, 0.717) is 21.5 Å². The highest BCUT2D eigenvalue weighted by Gasteiger charge is 2.30. The van der Waals surface area contributed by atoms with Crippen molar-refractivity contribution in [2.45, 2.75) is 44.7 Å². The Morgan fingerprint density at radius 2 is 1.71 bits per heavy atom. The van der Waals surface area contributed by atoms with E-state index in [1.165, 1.54) is 17.4 Å². The van der Waals surface area contributed by atoms with E-state index >= 15 is 0 Å². The van der Waals surface area contributed by atoms with Crippen LogP contribution in [0.4, 0.5) is 10.1 Å². The Labute approximate surface area is 202 Å². The summed E-state index contributed by atoms with van der Waals surface area (Å²) in [5, 5.41) is 11.5. The number of anilines is 1. The van der Waals surface area contributed by atoms with Gasteiger partial charge >= 0.3 is 0 Å². The lowest BCUT2D eigenvalue weighted by Gasteiger charge is -2.34. The normalized spacial score (nSPS) is 14.4. The van der Waals surface area contributed by atoms with E-state index in [9.17, 15) is 14.3 Å². The lowest BCUT2D eigenvalue weighted by molar-refractivity contribution is 0.0614. The number of aromatic hydroxyl groups is 1. The minimum absolute atomic E-state index is 0.0162. The van der Waals surface area contributed by atoms with Gasteiger partial charge in [-0.05, 0) is 60.4 Å². The maximum Gasteiger partial charge on any atom is 0.268 e. The summed E-state index contributed by atoms with van der Waals surface area (Å²) in [6.07, 6.45) is 5.00. The first-order valence-corrected chi connectivity index (χ1v) is 12.5. The van der Waals surface area contributed by atoms with Crippen LogP contribution in [0.1, 0.15) is 47.3 Å². The van der Waals surface area contributed by atoms with Gasteiger partial charge in [-0.3, -0.25) is 4.79 Å². The number of thiophene rings is 1. The summed E-state index contributed by atoms with van der Waals surface area (Å²) in [6, 6.07) is 20.0. The highest BCUT2D eigenvalue weighted by atomic mass is 32.1. The van der Waals surface area contributed by atoms with Crippen LogP contribution in [0, 0.1) is 5.82 Å². The number of nitrogens with zero attached hydrogens (tertiary/aromatic N) is 1. The van der Waals surface area contributed by atoms with Crippen molar-refractivity contribution in [2.24, 2.45) is 0 Å². The molecule has 1 aliphatic rings. The molecule has 0 radical (unpaired) electrons. The summed E-state index contributed by atoms with van der Waals surface area (Å²) in [4.78, 5) is 15.9. The number of hydrogen-bond donors (Lipinski definition) is 2. The zero-order valence-corrected chi connectivity index (χ0v) is 19.7. The van der Waals surface area contributed by atoms with Crippen molar-refractivity contribution in [1.29, 1.82) is 0 Å². The van der Waals surface area contributed by atoms with E-state index in [2.05, 4.69) is 0 Å². The number of carbonyl (C=O) groups excluding carboxylic acids is 1. The number of nitrogen functional groups attached to an aromatic ring is 1. The second-order valence-electron chi connectivity index (χ2n) is 8.93. The Morgan fingerprint density at radius 3 is 2.44 bits per heavy atom. The average molecular weight is 475 g/mol. The third-order valence-corrected chi connectivity index (χ3v) is 7.82. The molecule has 0 saturated heterocycles. The second-order valence-corrected chi connectivity index (χ2v) is 9.98. The molecule has 4 aromatic rings. The summed E-state index contributed by atoms with van der Waals surface area (Å²) < 4.78 is 15.8. The summed E-state index contributed by atoms with van der Waals surface area (Å²) >= 11 is 1.29. The van der Waals surface area contributed by atoms with Gasteiger partial charge in [0.1, 0.15) is 16.4 Å². The first-order chi connectivity index (χ1) is 16.5. The first kappa shape index (κ1) is 22.4. The van der Waals surface area contributed by atoms with Crippen LogP contribution in [0.3, 0.4) is 0 Å². The van der Waals surface area contributed by atoms with Crippen LogP contribution in [-0.4, -0.2) is 22.0 Å². The van der Waals surface area contributed by atoms with Gasteiger partial charge in [0, 0.05) is 33.9 Å². The molecule has 1 aromatic heterocycles. The second kappa shape index (κ2) is 9.47. The number of amides is 1. The highest BCUT2D eigenvalue weighted by Crippen LogP contribution is 2.39. The Balaban J connectivity index is 1.51. The van der Waals surface area contributed by atoms with Crippen molar-refractivity contribution in [3.63, 3.8) is 0 Å². The molecule has 0 unspecified atom stereocenters. The van der Waals surface area contributed by atoms with Gasteiger partial charge in [0.2, 0.25) is 0 Å². The fourth-order valence-corrected chi connectivity index (χ4v) is 5.85. The number of nitrogens with two attached hydrogens (primary N) is 1. The fourth-order valence-electron chi connectivity index (χ4n) is 4.80. The number of halogens is 1. The van der Waals surface area contributed by atoms with Gasteiger partial charge < -0.3 is 15.7 Å². The minimum Gasteiger partial charge on any atom is -0.506 e. The van der Waals surface area contributed by atoms with Crippen LogP contribution < -0.4 is 5.73 Å². The van der Waals surface area contributed by atoms with Crippen molar-refractivity contribution < 1.29 is 14.3 Å². The Hall–Kier alpha value is -3.38. The van der Waals surface area contributed by atoms with Crippen LogP contribution in [0.15, 0.2) is 66.7 Å². The third kappa shape index (κ3) is 4.38. The van der Waals surface area contributed by atoms with Gasteiger partial charge in [0.25, 0.3) is 5.91 Å². The molecular formula is C28H27FN2O2S. The van der Waals surface area contributed by atoms with Gasteiger partial charge in [-0.25, -0.2) is 4.39 Å². The summed E-state index contributed by atoms with van der Waals surface area (Å²) in [5.74, 6) is -0.557. The lowest BCUT2D eigenvalue weighted by atomic mass is 9.93. The maximum atomic E-state index is 15.0. The number of fused-ring (bicyclic) bond motifs is 1. The Morgan fingerprint density at radius 1 is 1.00 bits per heavy atom. The van der Waals surface area contributed by atoms with Crippen LogP contribution in [0.5, 0.6) is 5.75 Å². The summed E-state index contributed by atoms with van der Waals surface area (Å²) in [6.45, 7) is 0.159. The van der Waals surface area contributed by atoms with Crippen LogP contribution in [0.25, 0.3) is 21.2 Å². The molecule has 3 aromatic carbocycles. The van der Waals surface area contributed by atoms with E-state index in [-0.39, 0.29) is 30.1 Å². The molecule has 1 heterocycles. The van der Waals surface area contributed by atoms with Crippen molar-refractivity contribution >= 4 is 33.0 Å². The van der Waals surface area contributed by atoms with E-state index in [0.717, 1.165) is 47.9 Å². The third-order valence-electron chi connectivity index (χ3n) is 6.67. The van der Waals surface area contributed by atoms with E-state index in [4.69, 9.17) is 5.73 Å². The van der Waals surface area contributed by atoms with Crippen molar-refractivity contribution in [3.8, 4) is 16.9 Å². The molecule has 3 N–H and O–H groups in total. The van der Waals surface area contributed by atoms with Gasteiger partial charge in [0.05, 0.1) is 0 Å². The Bertz CT molecular complexity index is 1330. The molecule has 34 heavy (non-hydrogen) atoms. The molecule has 1 amide bonds. The quantitative estimate of drug-likeness (QED) is 0.307. The number of carbonyl (C=O) groups is 1. The molecule has 0 atom stereocenters. The standard InChI is InChI=1S/C28H27FN2O2S/c29-24-15-12-19(18-10-13-21(30)14-11-18)16-20(24)17-31(22-6-2-1-3-7-22)28(33)27-26(32)23-8-4-5-9-25(23)34-27/h4-5,8-16,22,32H,1-3,6-7,17,30H2. The number of rotatable bonds is 5. The van der Waals surface area contributed by atoms with Crippen LogP contribution in [0.2, 0.25) is 0 Å². The summed E-state index contributed by atoms with van der Waals surface area (Å²) in [7, 11) is 0. The molecule has 0 aliphatic heterocycles. The molecule has 1 aliphatic carbocycles. The van der Waals surface area contributed by atoms with Crippen LogP contribution >= 0.6 is 11.3 Å². The zero-order chi connectivity index (χ0) is 23.7. The predicted molar refractivity (Wildman–Crippen MR) is 136 cm³/mol. The molecule has 0 bridgehead atoms. The number of hydrogen-bond acceptors (Lipinski definition) is 4. The largest absolute Gasteiger partial charge is 0.506 e. The molecule has 5 rings (SSSR count). The van der Waals surface area contributed by atoms with E-state index in [1.807, 2.05) is 54.6 Å². The molecule has 1 saturated carbocycles. The topological polar surface area (TPSA) is 66.6 Å². The van der Waals surface area contributed by atoms with E-state index in [1.54, 1.807) is 11.0 Å².